The summed E-state index contributed by atoms with van der Waals surface area (Å²) in [6, 6.07) is 15.7. The van der Waals surface area contributed by atoms with E-state index in [2.05, 4.69) is 46.5 Å². The van der Waals surface area contributed by atoms with Crippen molar-refractivity contribution in [3.05, 3.63) is 90.1 Å². The molecule has 2 fully saturated rings. The number of pyridine rings is 1. The maximum atomic E-state index is 16.7. The fourth-order valence-corrected chi connectivity index (χ4v) is 7.47. The quantitative estimate of drug-likeness (QED) is 0.164. The lowest BCUT2D eigenvalue weighted by molar-refractivity contribution is -0.118. The summed E-state index contributed by atoms with van der Waals surface area (Å²) in [5.74, 6) is 2.10. The number of amides is 1. The molecule has 3 aromatic heterocycles. The number of nitrogens with zero attached hydrogens (tertiary/aromatic N) is 7. The monoisotopic (exact) mass is 717 g/mol. The lowest BCUT2D eigenvalue weighted by Gasteiger charge is -2.34. The van der Waals surface area contributed by atoms with E-state index in [4.69, 9.17) is 11.2 Å². The maximum absolute atomic E-state index is 16.7. The lowest BCUT2D eigenvalue weighted by Crippen LogP contribution is -2.51. The Labute approximate surface area is 302 Å². The number of aromatic nitrogens is 6. The number of fused-ring (bicyclic) bond motifs is 4. The molecule has 1 amide bonds. The molecule has 8 rings (SSSR count). The summed E-state index contributed by atoms with van der Waals surface area (Å²) in [5.41, 5.74) is 0.841. The van der Waals surface area contributed by atoms with Gasteiger partial charge in [-0.15, -0.1) is 11.5 Å². The third kappa shape index (κ3) is 6.49. The van der Waals surface area contributed by atoms with Crippen LogP contribution in [0.3, 0.4) is 0 Å². The van der Waals surface area contributed by atoms with Gasteiger partial charge in [-0.05, 0) is 48.6 Å². The zero-order valence-corrected chi connectivity index (χ0v) is 29.1. The molecule has 0 radical (unpaired) electrons. The number of rotatable bonds is 9. The highest BCUT2D eigenvalue weighted by Gasteiger charge is 2.34. The molecule has 52 heavy (non-hydrogen) atoms. The van der Waals surface area contributed by atoms with Gasteiger partial charge in [0.05, 0.1) is 10.9 Å². The molecule has 2 saturated heterocycles. The van der Waals surface area contributed by atoms with Crippen molar-refractivity contribution in [1.29, 1.82) is 0 Å². The Kier molecular flexibility index (Phi) is 8.90. The molecule has 5 heterocycles. The van der Waals surface area contributed by atoms with Gasteiger partial charge in [-0.3, -0.25) is 9.78 Å². The van der Waals surface area contributed by atoms with E-state index in [0.717, 1.165) is 23.6 Å². The van der Waals surface area contributed by atoms with Crippen LogP contribution in [0.1, 0.15) is 44.0 Å². The van der Waals surface area contributed by atoms with E-state index in [1.54, 1.807) is 46.8 Å². The minimum atomic E-state index is -0.738. The zero-order valence-electron chi connectivity index (χ0n) is 28.3. The van der Waals surface area contributed by atoms with E-state index >= 15 is 4.39 Å². The van der Waals surface area contributed by atoms with Gasteiger partial charge < -0.3 is 20.3 Å². The van der Waals surface area contributed by atoms with Crippen LogP contribution in [0.25, 0.3) is 32.9 Å². The molecule has 11 nitrogen and oxygen atoms in total. The molecule has 2 aliphatic rings. The summed E-state index contributed by atoms with van der Waals surface area (Å²) in [6.07, 6.45) is 11.0. The van der Waals surface area contributed by atoms with Gasteiger partial charge in [0, 0.05) is 70.8 Å². The van der Waals surface area contributed by atoms with Gasteiger partial charge in [-0.25, -0.2) is 13.8 Å². The molecule has 2 N–H and O–H groups in total. The Hall–Kier alpha value is -5.65. The second-order valence-electron chi connectivity index (χ2n) is 13.1. The Balaban J connectivity index is 1.08. The van der Waals surface area contributed by atoms with Gasteiger partial charge in [0.25, 0.3) is 5.91 Å². The number of benzene rings is 3. The molecule has 0 saturated carbocycles. The zero-order chi connectivity index (χ0) is 35.9. The van der Waals surface area contributed by atoms with Crippen molar-refractivity contribution < 1.29 is 18.3 Å². The molecule has 2 unspecified atom stereocenters. The molecule has 2 bridgehead atoms. The van der Waals surface area contributed by atoms with Crippen molar-refractivity contribution in [1.82, 2.24) is 34.4 Å². The first-order valence-electron chi connectivity index (χ1n) is 16.9. The number of halogens is 2. The number of nitrogens with one attached hydrogen (secondary N) is 2. The molecule has 262 valence electrons. The second kappa shape index (κ2) is 13.8. The number of terminal acetylenes is 1. The van der Waals surface area contributed by atoms with Crippen molar-refractivity contribution in [2.75, 3.05) is 29.9 Å². The second-order valence-corrected chi connectivity index (χ2v) is 14.2. The van der Waals surface area contributed by atoms with E-state index in [0.29, 0.717) is 46.3 Å². The largest absolute Gasteiger partial charge is 0.453 e. The first-order chi connectivity index (χ1) is 25.2. The Bertz CT molecular complexity index is 2370. The summed E-state index contributed by atoms with van der Waals surface area (Å²) in [7, 11) is 0. The van der Waals surface area contributed by atoms with Crippen molar-refractivity contribution in [2.45, 2.75) is 49.6 Å². The Morgan fingerprint density at radius 2 is 1.87 bits per heavy atom. The number of hydrogen-bond donors (Lipinski definition) is 2. The molecule has 6 aromatic rings. The van der Waals surface area contributed by atoms with Gasteiger partial charge in [0.2, 0.25) is 0 Å². The molecule has 2 atom stereocenters. The number of hydrogen-bond acceptors (Lipinski definition) is 10. The van der Waals surface area contributed by atoms with E-state index in [1.807, 2.05) is 26.0 Å². The van der Waals surface area contributed by atoms with Crippen LogP contribution in [-0.2, 0) is 4.79 Å². The highest BCUT2D eigenvalue weighted by atomic mass is 32.2. The van der Waals surface area contributed by atoms with E-state index in [-0.39, 0.29) is 40.8 Å². The molecule has 3 aromatic carbocycles. The third-order valence-corrected chi connectivity index (χ3v) is 10.1. The maximum Gasteiger partial charge on any atom is 0.319 e. The first kappa shape index (κ1) is 33.5. The van der Waals surface area contributed by atoms with Crippen molar-refractivity contribution in [3.63, 3.8) is 0 Å². The molecule has 14 heteroatoms. The number of anilines is 2. The average molecular weight is 718 g/mol. The van der Waals surface area contributed by atoms with Crippen molar-refractivity contribution >= 4 is 51.0 Å². The SMILES string of the molecule is C#Cc1c(F)ccc2cccc(-c3ncc4c(N5CC6CCC(C5)N6)nc(OCC(=O)Nc5ccc(Sn6cnc(C(C)C)n6)cc5)nc4c3F)c12. The highest BCUT2D eigenvalue weighted by Crippen LogP contribution is 2.37. The summed E-state index contributed by atoms with van der Waals surface area (Å²) in [6.45, 7) is 4.96. The van der Waals surface area contributed by atoms with Gasteiger partial charge in [-0.2, -0.15) is 14.1 Å². The summed E-state index contributed by atoms with van der Waals surface area (Å²) in [4.78, 5) is 34.0. The predicted octanol–water partition coefficient (Wildman–Crippen LogP) is 6.33. The van der Waals surface area contributed by atoms with Crippen LogP contribution in [0, 0.1) is 24.0 Å². The molecule has 2 aliphatic heterocycles. The van der Waals surface area contributed by atoms with Crippen LogP contribution in [0.2, 0.25) is 0 Å². The van der Waals surface area contributed by atoms with Crippen LogP contribution >= 0.6 is 11.9 Å². The van der Waals surface area contributed by atoms with Crippen LogP contribution in [0.15, 0.2) is 72.0 Å². The van der Waals surface area contributed by atoms with Crippen LogP contribution in [0.4, 0.5) is 20.3 Å². The van der Waals surface area contributed by atoms with E-state index in [9.17, 15) is 9.18 Å². The van der Waals surface area contributed by atoms with Gasteiger partial charge >= 0.3 is 6.01 Å². The third-order valence-electron chi connectivity index (χ3n) is 9.23. The lowest BCUT2D eigenvalue weighted by atomic mass is 9.96. The summed E-state index contributed by atoms with van der Waals surface area (Å²) < 4.78 is 39.1. The Morgan fingerprint density at radius 1 is 1.08 bits per heavy atom. The fourth-order valence-electron chi connectivity index (χ4n) is 6.78. The first-order valence-corrected chi connectivity index (χ1v) is 17.7. The topological polar surface area (TPSA) is 123 Å². The smallest absolute Gasteiger partial charge is 0.319 e. The normalized spacial score (nSPS) is 16.8. The fraction of sp³-hybridized carbons (Fsp3) is 0.263. The average Bonchev–Trinajstić information content (AvgIpc) is 3.76. The number of carbonyl (C=O) groups is 1. The minimum absolute atomic E-state index is 0.0212. The number of carbonyl (C=O) groups excluding carboxylic acids is 1. The molecule has 0 spiro atoms. The van der Waals surface area contributed by atoms with Crippen LogP contribution in [0.5, 0.6) is 6.01 Å². The number of piperazine rings is 1. The van der Waals surface area contributed by atoms with E-state index in [1.165, 1.54) is 24.2 Å². The number of ether oxygens (including phenoxy) is 1. The van der Waals surface area contributed by atoms with Gasteiger partial charge in [-0.1, -0.05) is 44.0 Å². The Morgan fingerprint density at radius 3 is 2.60 bits per heavy atom. The van der Waals surface area contributed by atoms with E-state index < -0.39 is 24.1 Å². The highest BCUT2D eigenvalue weighted by molar-refractivity contribution is 7.97. The standard InChI is InChI=1S/C38H33F2N9O2S/c1-4-27-30(39)15-8-22-6-5-7-28(32(22)27)34-33(40)35-29(16-41-34)37(48-17-24-9-10-25(18-48)43-24)46-38(45-35)51-19-31(50)44-23-11-13-26(14-12-23)52-49-20-42-36(47-49)21(2)3/h1,5-8,11-16,20-21,24-25,43H,9-10,17-19H2,2-3H3,(H,44,50). The van der Waals surface area contributed by atoms with Crippen LogP contribution in [-0.4, -0.2) is 66.8 Å². The van der Waals surface area contributed by atoms with Crippen molar-refractivity contribution in [2.24, 2.45) is 0 Å². The minimum Gasteiger partial charge on any atom is -0.453 e. The summed E-state index contributed by atoms with van der Waals surface area (Å²) >= 11 is 1.40. The molecule has 0 aliphatic carbocycles. The predicted molar refractivity (Wildman–Crippen MR) is 196 cm³/mol. The van der Waals surface area contributed by atoms with Crippen molar-refractivity contribution in [3.8, 4) is 29.6 Å². The van der Waals surface area contributed by atoms with Gasteiger partial charge in [0.15, 0.2) is 18.2 Å². The summed E-state index contributed by atoms with van der Waals surface area (Å²) in [5, 5.41) is 12.3. The molecular formula is C38H33F2N9O2S. The van der Waals surface area contributed by atoms with Crippen LogP contribution < -0.4 is 20.3 Å². The molecular weight excluding hydrogens is 685 g/mol. The van der Waals surface area contributed by atoms with Gasteiger partial charge in [0.1, 0.15) is 29.2 Å².